The van der Waals surface area contributed by atoms with Gasteiger partial charge in [-0.05, 0) is 39.3 Å². The average Bonchev–Trinajstić information content (AvgIpc) is 3.08. The van der Waals surface area contributed by atoms with E-state index < -0.39 is 10.0 Å². The molecule has 3 rings (SSSR count). The zero-order valence-corrected chi connectivity index (χ0v) is 12.7. The topological polar surface area (TPSA) is 69.3 Å². The SMILES string of the molecule is Cc1[nH]ncc1S(=O)(=O)N1CCC(N2CCCCC2)C1. The maximum Gasteiger partial charge on any atom is 0.246 e. The van der Waals surface area contributed by atoms with Gasteiger partial charge in [0, 0.05) is 19.1 Å². The van der Waals surface area contributed by atoms with E-state index in [0.717, 1.165) is 19.5 Å². The Morgan fingerprint density at radius 1 is 1.25 bits per heavy atom. The van der Waals surface area contributed by atoms with Gasteiger partial charge in [-0.2, -0.15) is 9.40 Å². The maximum absolute atomic E-state index is 12.6. The lowest BCUT2D eigenvalue weighted by atomic mass is 10.1. The smallest absolute Gasteiger partial charge is 0.246 e. The minimum absolute atomic E-state index is 0.316. The fraction of sp³-hybridized carbons (Fsp3) is 0.769. The van der Waals surface area contributed by atoms with Gasteiger partial charge < -0.3 is 0 Å². The molecule has 1 N–H and O–H groups in total. The van der Waals surface area contributed by atoms with Gasteiger partial charge in [-0.3, -0.25) is 10.00 Å². The van der Waals surface area contributed by atoms with Crippen molar-refractivity contribution in [2.45, 2.75) is 43.5 Å². The van der Waals surface area contributed by atoms with Crippen molar-refractivity contribution in [1.29, 1.82) is 0 Å². The van der Waals surface area contributed by atoms with Gasteiger partial charge in [0.1, 0.15) is 4.90 Å². The largest absolute Gasteiger partial charge is 0.299 e. The summed E-state index contributed by atoms with van der Waals surface area (Å²) in [6, 6.07) is 0.386. The van der Waals surface area contributed by atoms with Crippen molar-refractivity contribution >= 4 is 10.0 Å². The van der Waals surface area contributed by atoms with E-state index >= 15 is 0 Å². The molecule has 0 radical (unpaired) electrons. The predicted octanol–water partition coefficient (Wildman–Crippen LogP) is 0.967. The Morgan fingerprint density at radius 3 is 2.65 bits per heavy atom. The number of sulfonamides is 1. The second-order valence-electron chi connectivity index (χ2n) is 5.76. The molecular formula is C13H22N4O2S. The quantitative estimate of drug-likeness (QED) is 0.902. The van der Waals surface area contributed by atoms with Gasteiger partial charge >= 0.3 is 0 Å². The van der Waals surface area contributed by atoms with Gasteiger partial charge in [0.05, 0.1) is 11.9 Å². The Kier molecular flexibility index (Phi) is 3.83. The van der Waals surface area contributed by atoms with Crippen molar-refractivity contribution in [3.63, 3.8) is 0 Å². The van der Waals surface area contributed by atoms with E-state index in [0.29, 0.717) is 29.7 Å². The van der Waals surface area contributed by atoms with Crippen molar-refractivity contribution in [2.75, 3.05) is 26.2 Å². The third-order valence-corrected chi connectivity index (χ3v) is 6.41. The van der Waals surface area contributed by atoms with Crippen LogP contribution >= 0.6 is 0 Å². The predicted molar refractivity (Wildman–Crippen MR) is 75.9 cm³/mol. The zero-order chi connectivity index (χ0) is 14.2. The molecule has 6 nitrogen and oxygen atoms in total. The lowest BCUT2D eigenvalue weighted by Crippen LogP contribution is -2.41. The first-order valence-electron chi connectivity index (χ1n) is 7.33. The van der Waals surface area contributed by atoms with Crippen LogP contribution in [0.5, 0.6) is 0 Å². The molecule has 3 heterocycles. The van der Waals surface area contributed by atoms with Crippen molar-refractivity contribution in [3.8, 4) is 0 Å². The summed E-state index contributed by atoms with van der Waals surface area (Å²) in [5.74, 6) is 0. The van der Waals surface area contributed by atoms with Crippen molar-refractivity contribution in [3.05, 3.63) is 11.9 Å². The highest BCUT2D eigenvalue weighted by Gasteiger charge is 2.36. The average molecular weight is 298 g/mol. The summed E-state index contributed by atoms with van der Waals surface area (Å²) >= 11 is 0. The Labute approximate surface area is 120 Å². The van der Waals surface area contributed by atoms with Crippen LogP contribution in [-0.2, 0) is 10.0 Å². The minimum atomic E-state index is -3.38. The summed E-state index contributed by atoms with van der Waals surface area (Å²) in [5.41, 5.74) is 0.617. The molecule has 2 saturated heterocycles. The molecule has 0 spiro atoms. The molecule has 1 aromatic rings. The van der Waals surface area contributed by atoms with E-state index in [1.807, 2.05) is 0 Å². The van der Waals surface area contributed by atoms with Crippen LogP contribution in [0.2, 0.25) is 0 Å². The number of piperidine rings is 1. The lowest BCUT2D eigenvalue weighted by Gasteiger charge is -2.32. The van der Waals surface area contributed by atoms with E-state index in [2.05, 4.69) is 15.1 Å². The summed E-state index contributed by atoms with van der Waals surface area (Å²) in [6.07, 6.45) is 6.14. The zero-order valence-electron chi connectivity index (χ0n) is 11.9. The number of nitrogens with one attached hydrogen (secondary N) is 1. The second-order valence-corrected chi connectivity index (χ2v) is 7.67. The monoisotopic (exact) mass is 298 g/mol. The van der Waals surface area contributed by atoms with Crippen molar-refractivity contribution in [1.82, 2.24) is 19.4 Å². The molecule has 0 aliphatic carbocycles. The standard InChI is InChI=1S/C13H22N4O2S/c1-11-13(9-14-15-11)20(18,19)17-8-5-12(10-17)16-6-3-2-4-7-16/h9,12H,2-8,10H2,1H3,(H,14,15). The molecular weight excluding hydrogens is 276 g/mol. The fourth-order valence-corrected chi connectivity index (χ4v) is 4.86. The highest BCUT2D eigenvalue weighted by atomic mass is 32.2. The molecule has 1 unspecified atom stereocenters. The molecule has 2 aliphatic rings. The van der Waals surface area contributed by atoms with Gasteiger partial charge in [0.15, 0.2) is 0 Å². The van der Waals surface area contributed by atoms with E-state index in [-0.39, 0.29) is 0 Å². The highest BCUT2D eigenvalue weighted by molar-refractivity contribution is 7.89. The Bertz CT molecular complexity index is 563. The first-order valence-corrected chi connectivity index (χ1v) is 8.77. The van der Waals surface area contributed by atoms with Gasteiger partial charge in [0.2, 0.25) is 10.0 Å². The van der Waals surface area contributed by atoms with Gasteiger partial charge in [-0.25, -0.2) is 8.42 Å². The highest BCUT2D eigenvalue weighted by Crippen LogP contribution is 2.26. The second kappa shape index (κ2) is 5.46. The number of hydrogen-bond donors (Lipinski definition) is 1. The number of likely N-dealkylation sites (tertiary alicyclic amines) is 1. The minimum Gasteiger partial charge on any atom is -0.299 e. The van der Waals surface area contributed by atoms with Crippen LogP contribution in [0.15, 0.2) is 11.1 Å². The molecule has 2 aliphatic heterocycles. The van der Waals surface area contributed by atoms with Crippen LogP contribution in [0.3, 0.4) is 0 Å². The molecule has 0 aromatic carbocycles. The molecule has 1 aromatic heterocycles. The number of nitrogens with zero attached hydrogens (tertiary/aromatic N) is 3. The number of aromatic amines is 1. The molecule has 7 heteroatoms. The summed E-state index contributed by atoms with van der Waals surface area (Å²) in [6.45, 7) is 5.21. The van der Waals surface area contributed by atoms with E-state index in [1.165, 1.54) is 25.5 Å². The van der Waals surface area contributed by atoms with E-state index in [1.54, 1.807) is 11.2 Å². The fourth-order valence-electron chi connectivity index (χ4n) is 3.25. The summed E-state index contributed by atoms with van der Waals surface area (Å²) in [7, 11) is -3.38. The van der Waals surface area contributed by atoms with Crippen LogP contribution in [-0.4, -0.2) is 60.0 Å². The summed E-state index contributed by atoms with van der Waals surface area (Å²) in [5, 5.41) is 6.53. The number of rotatable bonds is 3. The molecule has 0 saturated carbocycles. The third kappa shape index (κ3) is 2.49. The van der Waals surface area contributed by atoms with Crippen molar-refractivity contribution < 1.29 is 8.42 Å². The van der Waals surface area contributed by atoms with Crippen LogP contribution in [0.25, 0.3) is 0 Å². The third-order valence-electron chi connectivity index (χ3n) is 4.43. The number of aromatic nitrogens is 2. The Hall–Kier alpha value is -0.920. The molecule has 20 heavy (non-hydrogen) atoms. The number of aryl methyl sites for hydroxylation is 1. The molecule has 0 bridgehead atoms. The lowest BCUT2D eigenvalue weighted by molar-refractivity contribution is 0.169. The Morgan fingerprint density at radius 2 is 2.00 bits per heavy atom. The maximum atomic E-state index is 12.6. The summed E-state index contributed by atoms with van der Waals surface area (Å²) < 4.78 is 26.8. The molecule has 0 amide bonds. The number of H-pyrrole nitrogens is 1. The molecule has 2 fully saturated rings. The first-order chi connectivity index (χ1) is 9.59. The number of hydrogen-bond acceptors (Lipinski definition) is 4. The molecule has 112 valence electrons. The Balaban J connectivity index is 1.72. The van der Waals surface area contributed by atoms with E-state index in [4.69, 9.17) is 0 Å². The van der Waals surface area contributed by atoms with Gasteiger partial charge in [-0.15, -0.1) is 0 Å². The van der Waals surface area contributed by atoms with E-state index in [9.17, 15) is 8.42 Å². The first kappa shape index (κ1) is 14.0. The van der Waals surface area contributed by atoms with Crippen LogP contribution < -0.4 is 0 Å². The van der Waals surface area contributed by atoms with Gasteiger partial charge in [0.25, 0.3) is 0 Å². The molecule has 1 atom stereocenters. The van der Waals surface area contributed by atoms with Crippen LogP contribution in [0.1, 0.15) is 31.4 Å². The van der Waals surface area contributed by atoms with Crippen molar-refractivity contribution in [2.24, 2.45) is 0 Å². The van der Waals surface area contributed by atoms with Crippen LogP contribution in [0.4, 0.5) is 0 Å². The normalized spacial score (nSPS) is 26.1. The van der Waals surface area contributed by atoms with Gasteiger partial charge in [-0.1, -0.05) is 6.42 Å². The summed E-state index contributed by atoms with van der Waals surface area (Å²) in [4.78, 5) is 2.78. The van der Waals surface area contributed by atoms with Crippen LogP contribution in [0, 0.1) is 6.92 Å².